The molecule has 0 aromatic carbocycles. The number of rotatable bonds is 8. The number of aryl methyl sites for hydroxylation is 2. The van der Waals surface area contributed by atoms with Gasteiger partial charge in [-0.2, -0.15) is 5.10 Å². The maximum Gasteiger partial charge on any atom is 0.0863 e. The van der Waals surface area contributed by atoms with Crippen molar-refractivity contribution in [3.63, 3.8) is 0 Å². The van der Waals surface area contributed by atoms with Crippen molar-refractivity contribution in [1.29, 1.82) is 0 Å². The van der Waals surface area contributed by atoms with Gasteiger partial charge in [0, 0.05) is 18.6 Å². The summed E-state index contributed by atoms with van der Waals surface area (Å²) in [6.07, 6.45) is 4.30. The van der Waals surface area contributed by atoms with Crippen molar-refractivity contribution in [3.8, 4) is 0 Å². The van der Waals surface area contributed by atoms with Crippen molar-refractivity contribution in [2.45, 2.75) is 78.9 Å². The third kappa shape index (κ3) is 3.51. The van der Waals surface area contributed by atoms with Gasteiger partial charge in [-0.05, 0) is 32.6 Å². The number of hydrogen-bond donors (Lipinski definition) is 1. The van der Waals surface area contributed by atoms with E-state index in [1.807, 2.05) is 4.68 Å². The third-order valence-corrected chi connectivity index (χ3v) is 4.79. The van der Waals surface area contributed by atoms with E-state index in [1.54, 1.807) is 0 Å². The molecule has 1 N–H and O–H groups in total. The van der Waals surface area contributed by atoms with E-state index in [0.29, 0.717) is 0 Å². The maximum atomic E-state index is 6.44. The first-order chi connectivity index (χ1) is 9.07. The van der Waals surface area contributed by atoms with Gasteiger partial charge in [0.05, 0.1) is 16.4 Å². The van der Waals surface area contributed by atoms with Crippen LogP contribution in [0.3, 0.4) is 0 Å². The Labute approximate surface area is 122 Å². The predicted molar refractivity (Wildman–Crippen MR) is 82.7 cm³/mol. The SMILES string of the molecule is CCc1nn(CC)c(CNC(CC)(CC)CC)c1Cl. The molecule has 0 saturated carbocycles. The monoisotopic (exact) mass is 285 g/mol. The van der Waals surface area contributed by atoms with Gasteiger partial charge in [0.25, 0.3) is 0 Å². The Balaban J connectivity index is 2.90. The van der Waals surface area contributed by atoms with Gasteiger partial charge >= 0.3 is 0 Å². The molecule has 0 fully saturated rings. The van der Waals surface area contributed by atoms with E-state index in [1.165, 1.54) is 0 Å². The van der Waals surface area contributed by atoms with Crippen LogP contribution in [0.15, 0.2) is 0 Å². The second kappa shape index (κ2) is 7.30. The Morgan fingerprint density at radius 3 is 2.11 bits per heavy atom. The first-order valence-corrected chi connectivity index (χ1v) is 7.94. The Kier molecular flexibility index (Phi) is 6.34. The predicted octanol–water partition coefficient (Wildman–Crippen LogP) is 4.18. The standard InChI is InChI=1S/C15H28ClN3/c1-6-12-14(16)13(19(10-5)18-12)11-17-15(7-2,8-3)9-4/h17H,6-11H2,1-5H3. The molecule has 0 spiro atoms. The first-order valence-electron chi connectivity index (χ1n) is 7.56. The normalized spacial score (nSPS) is 12.1. The average molecular weight is 286 g/mol. The Bertz CT molecular complexity index is 386. The highest BCUT2D eigenvalue weighted by Crippen LogP contribution is 2.24. The number of hydrogen-bond acceptors (Lipinski definition) is 2. The molecule has 0 radical (unpaired) electrons. The molecule has 4 heteroatoms. The molecule has 0 saturated heterocycles. The summed E-state index contributed by atoms with van der Waals surface area (Å²) >= 11 is 6.44. The largest absolute Gasteiger partial charge is 0.306 e. The molecule has 0 aliphatic heterocycles. The zero-order valence-corrected chi connectivity index (χ0v) is 13.8. The van der Waals surface area contributed by atoms with Crippen LogP contribution in [0.5, 0.6) is 0 Å². The minimum absolute atomic E-state index is 0.221. The summed E-state index contributed by atoms with van der Waals surface area (Å²) in [7, 11) is 0. The lowest BCUT2D eigenvalue weighted by Crippen LogP contribution is -2.43. The minimum atomic E-state index is 0.221. The minimum Gasteiger partial charge on any atom is -0.306 e. The number of nitrogens with zero attached hydrogens (tertiary/aromatic N) is 2. The molecule has 1 aromatic heterocycles. The van der Waals surface area contributed by atoms with Crippen molar-refractivity contribution in [2.75, 3.05) is 0 Å². The van der Waals surface area contributed by atoms with E-state index < -0.39 is 0 Å². The summed E-state index contributed by atoms with van der Waals surface area (Å²) < 4.78 is 2.03. The van der Waals surface area contributed by atoms with Gasteiger partial charge in [-0.1, -0.05) is 39.3 Å². The van der Waals surface area contributed by atoms with Crippen LogP contribution in [0.2, 0.25) is 5.02 Å². The molecule has 3 nitrogen and oxygen atoms in total. The van der Waals surface area contributed by atoms with Crippen LogP contribution >= 0.6 is 11.6 Å². The lowest BCUT2D eigenvalue weighted by molar-refractivity contribution is 0.284. The van der Waals surface area contributed by atoms with Gasteiger partial charge in [-0.15, -0.1) is 0 Å². The highest BCUT2D eigenvalue weighted by atomic mass is 35.5. The van der Waals surface area contributed by atoms with Crippen molar-refractivity contribution in [2.24, 2.45) is 0 Å². The summed E-state index contributed by atoms with van der Waals surface area (Å²) in [6.45, 7) is 12.6. The van der Waals surface area contributed by atoms with Crippen LogP contribution in [0.25, 0.3) is 0 Å². The quantitative estimate of drug-likeness (QED) is 0.777. The molecule has 19 heavy (non-hydrogen) atoms. The molecule has 0 atom stereocenters. The van der Waals surface area contributed by atoms with E-state index in [9.17, 15) is 0 Å². The fourth-order valence-electron chi connectivity index (χ4n) is 2.58. The number of nitrogens with one attached hydrogen (secondary N) is 1. The summed E-state index contributed by atoms with van der Waals surface area (Å²) in [4.78, 5) is 0. The molecule has 0 unspecified atom stereocenters. The molecular weight excluding hydrogens is 258 g/mol. The second-order valence-corrected chi connectivity index (χ2v) is 5.45. The molecule has 0 aliphatic carbocycles. The lowest BCUT2D eigenvalue weighted by Gasteiger charge is -2.32. The maximum absolute atomic E-state index is 6.44. The van der Waals surface area contributed by atoms with Crippen LogP contribution in [0, 0.1) is 0 Å². The zero-order chi connectivity index (χ0) is 14.5. The first kappa shape index (κ1) is 16.5. The van der Waals surface area contributed by atoms with Crippen LogP contribution < -0.4 is 5.32 Å². The fraction of sp³-hybridized carbons (Fsp3) is 0.800. The van der Waals surface area contributed by atoms with Crippen LogP contribution in [0.4, 0.5) is 0 Å². The van der Waals surface area contributed by atoms with Crippen LogP contribution in [-0.2, 0) is 19.5 Å². The highest BCUT2D eigenvalue weighted by Gasteiger charge is 2.24. The van der Waals surface area contributed by atoms with Crippen molar-refractivity contribution >= 4 is 11.6 Å². The van der Waals surface area contributed by atoms with Gasteiger partial charge in [-0.3, -0.25) is 4.68 Å². The molecular formula is C15H28ClN3. The van der Waals surface area contributed by atoms with E-state index >= 15 is 0 Å². The molecule has 1 heterocycles. The lowest BCUT2D eigenvalue weighted by atomic mass is 9.90. The van der Waals surface area contributed by atoms with Gasteiger partial charge in [-0.25, -0.2) is 0 Å². The van der Waals surface area contributed by atoms with Gasteiger partial charge in [0.2, 0.25) is 0 Å². The van der Waals surface area contributed by atoms with Gasteiger partial charge < -0.3 is 5.32 Å². The molecule has 1 aromatic rings. The smallest absolute Gasteiger partial charge is 0.0863 e. The van der Waals surface area contributed by atoms with E-state index in [0.717, 1.165) is 55.2 Å². The summed E-state index contributed by atoms with van der Waals surface area (Å²) in [5, 5.41) is 9.12. The molecule has 110 valence electrons. The van der Waals surface area contributed by atoms with Crippen LogP contribution in [-0.4, -0.2) is 15.3 Å². The Morgan fingerprint density at radius 2 is 1.68 bits per heavy atom. The Hall–Kier alpha value is -0.540. The van der Waals surface area contributed by atoms with Crippen molar-refractivity contribution in [1.82, 2.24) is 15.1 Å². The van der Waals surface area contributed by atoms with Crippen molar-refractivity contribution in [3.05, 3.63) is 16.4 Å². The summed E-state index contributed by atoms with van der Waals surface area (Å²) in [6, 6.07) is 0. The molecule has 0 amide bonds. The highest BCUT2D eigenvalue weighted by molar-refractivity contribution is 6.31. The molecule has 0 bridgehead atoms. The number of halogens is 1. The molecule has 0 aliphatic rings. The average Bonchev–Trinajstić information content (AvgIpc) is 2.77. The second-order valence-electron chi connectivity index (χ2n) is 5.07. The zero-order valence-electron chi connectivity index (χ0n) is 13.0. The van der Waals surface area contributed by atoms with Crippen molar-refractivity contribution < 1.29 is 0 Å². The third-order valence-electron chi connectivity index (χ3n) is 4.36. The van der Waals surface area contributed by atoms with Gasteiger partial charge in [0.15, 0.2) is 0 Å². The Morgan fingerprint density at radius 1 is 1.11 bits per heavy atom. The fourth-order valence-corrected chi connectivity index (χ4v) is 2.92. The van der Waals surface area contributed by atoms with Crippen LogP contribution in [0.1, 0.15) is 65.3 Å². The van der Waals surface area contributed by atoms with E-state index in [-0.39, 0.29) is 5.54 Å². The summed E-state index contributed by atoms with van der Waals surface area (Å²) in [5.74, 6) is 0. The molecule has 1 rings (SSSR count). The van der Waals surface area contributed by atoms with E-state index in [2.05, 4.69) is 45.0 Å². The van der Waals surface area contributed by atoms with E-state index in [4.69, 9.17) is 11.6 Å². The number of aromatic nitrogens is 2. The van der Waals surface area contributed by atoms with Gasteiger partial charge in [0.1, 0.15) is 0 Å². The summed E-state index contributed by atoms with van der Waals surface area (Å²) in [5.41, 5.74) is 2.36. The topological polar surface area (TPSA) is 29.9 Å².